The van der Waals surface area contributed by atoms with Crippen molar-refractivity contribution in [2.24, 2.45) is 7.05 Å². The fourth-order valence-electron chi connectivity index (χ4n) is 2.20. The van der Waals surface area contributed by atoms with E-state index in [2.05, 4.69) is 33.8 Å². The maximum atomic E-state index is 4.54. The molecule has 5 heteroatoms. The second-order valence-corrected chi connectivity index (χ2v) is 5.57. The van der Waals surface area contributed by atoms with Gasteiger partial charge in [0.15, 0.2) is 0 Å². The van der Waals surface area contributed by atoms with Gasteiger partial charge in [0, 0.05) is 18.8 Å². The first-order valence-electron chi connectivity index (χ1n) is 6.25. The lowest BCUT2D eigenvalue weighted by Crippen LogP contribution is -2.25. The number of hydrogen-bond donors (Lipinski definition) is 1. The average molecular weight is 264 g/mol. The van der Waals surface area contributed by atoms with Gasteiger partial charge < -0.3 is 5.32 Å². The smallest absolute Gasteiger partial charge is 0.0897 e. The summed E-state index contributed by atoms with van der Waals surface area (Å²) in [4.78, 5) is 4.54. The third-order valence-corrected chi connectivity index (χ3v) is 3.75. The summed E-state index contributed by atoms with van der Waals surface area (Å²) in [6, 6.07) is 2.43. The Bertz CT molecular complexity index is 515. The molecule has 2 heterocycles. The van der Waals surface area contributed by atoms with Crippen LogP contribution in [-0.2, 0) is 13.5 Å². The van der Waals surface area contributed by atoms with E-state index in [-0.39, 0.29) is 6.04 Å². The van der Waals surface area contributed by atoms with Crippen molar-refractivity contribution in [1.82, 2.24) is 20.1 Å². The topological polar surface area (TPSA) is 42.7 Å². The normalized spacial score (nSPS) is 12.9. The molecular formula is C13H20N4S. The minimum absolute atomic E-state index is 0.280. The maximum absolute atomic E-state index is 4.54. The summed E-state index contributed by atoms with van der Waals surface area (Å²) in [6.07, 6.45) is 0.914. The molecule has 1 N–H and O–H groups in total. The summed E-state index contributed by atoms with van der Waals surface area (Å²) in [7, 11) is 2.00. The standard InChI is InChI=1S/C13H20N4S/c1-5-14-12(7-11-8-18-10(3)15-11)13-6-9(2)16-17(13)4/h6,8,12,14H,5,7H2,1-4H3. The Morgan fingerprint density at radius 2 is 2.22 bits per heavy atom. The van der Waals surface area contributed by atoms with Gasteiger partial charge in [-0.15, -0.1) is 11.3 Å². The molecule has 0 aliphatic heterocycles. The van der Waals surface area contributed by atoms with E-state index >= 15 is 0 Å². The van der Waals surface area contributed by atoms with Crippen molar-refractivity contribution >= 4 is 11.3 Å². The lowest BCUT2D eigenvalue weighted by Gasteiger charge is -2.17. The highest BCUT2D eigenvalue weighted by Gasteiger charge is 2.16. The number of nitrogens with zero attached hydrogens (tertiary/aromatic N) is 3. The van der Waals surface area contributed by atoms with Crippen LogP contribution in [0.25, 0.3) is 0 Å². The summed E-state index contributed by atoms with van der Waals surface area (Å²) in [6.45, 7) is 7.14. The molecule has 0 aliphatic carbocycles. The van der Waals surface area contributed by atoms with Crippen LogP contribution in [-0.4, -0.2) is 21.3 Å². The van der Waals surface area contributed by atoms with E-state index in [9.17, 15) is 0 Å². The van der Waals surface area contributed by atoms with Crippen molar-refractivity contribution in [3.05, 3.63) is 33.5 Å². The first-order chi connectivity index (χ1) is 8.60. The molecule has 0 saturated carbocycles. The summed E-state index contributed by atoms with van der Waals surface area (Å²) in [5, 5.41) is 11.2. The van der Waals surface area contributed by atoms with Gasteiger partial charge in [0.25, 0.3) is 0 Å². The van der Waals surface area contributed by atoms with Crippen LogP contribution >= 0.6 is 11.3 Å². The highest BCUT2D eigenvalue weighted by Crippen LogP contribution is 2.20. The molecule has 4 nitrogen and oxygen atoms in total. The molecule has 0 spiro atoms. The van der Waals surface area contributed by atoms with Crippen molar-refractivity contribution in [2.45, 2.75) is 33.2 Å². The molecule has 18 heavy (non-hydrogen) atoms. The molecule has 0 amide bonds. The first-order valence-corrected chi connectivity index (χ1v) is 7.13. The van der Waals surface area contributed by atoms with Crippen molar-refractivity contribution in [3.63, 3.8) is 0 Å². The predicted octanol–water partition coefficient (Wildman–Crippen LogP) is 2.39. The van der Waals surface area contributed by atoms with Crippen molar-refractivity contribution in [1.29, 1.82) is 0 Å². The molecule has 2 rings (SSSR count). The van der Waals surface area contributed by atoms with Crippen molar-refractivity contribution in [3.8, 4) is 0 Å². The predicted molar refractivity (Wildman–Crippen MR) is 74.9 cm³/mol. The molecule has 0 bridgehead atoms. The summed E-state index contributed by atoms with van der Waals surface area (Å²) < 4.78 is 1.96. The average Bonchev–Trinajstić information content (AvgIpc) is 2.84. The Labute approximate surface area is 112 Å². The number of aryl methyl sites for hydroxylation is 3. The van der Waals surface area contributed by atoms with E-state index in [1.54, 1.807) is 11.3 Å². The van der Waals surface area contributed by atoms with Gasteiger partial charge in [-0.3, -0.25) is 4.68 Å². The van der Waals surface area contributed by atoms with Gasteiger partial charge in [0.2, 0.25) is 0 Å². The minimum atomic E-state index is 0.280. The monoisotopic (exact) mass is 264 g/mol. The summed E-state index contributed by atoms with van der Waals surface area (Å²) >= 11 is 1.71. The fraction of sp³-hybridized carbons (Fsp3) is 0.538. The third kappa shape index (κ3) is 2.97. The fourth-order valence-corrected chi connectivity index (χ4v) is 2.82. The molecule has 0 aliphatic rings. The van der Waals surface area contributed by atoms with Gasteiger partial charge in [-0.25, -0.2) is 4.98 Å². The Morgan fingerprint density at radius 3 is 2.72 bits per heavy atom. The molecule has 2 aromatic rings. The Morgan fingerprint density at radius 1 is 1.44 bits per heavy atom. The van der Waals surface area contributed by atoms with Crippen LogP contribution < -0.4 is 5.32 Å². The second-order valence-electron chi connectivity index (χ2n) is 4.51. The molecule has 0 fully saturated rings. The highest BCUT2D eigenvalue weighted by atomic mass is 32.1. The van der Waals surface area contributed by atoms with Crippen LogP contribution in [0, 0.1) is 13.8 Å². The van der Waals surface area contributed by atoms with E-state index < -0.39 is 0 Å². The van der Waals surface area contributed by atoms with Crippen LogP contribution in [0.4, 0.5) is 0 Å². The lowest BCUT2D eigenvalue weighted by atomic mass is 10.1. The van der Waals surface area contributed by atoms with E-state index in [1.807, 2.05) is 25.6 Å². The van der Waals surface area contributed by atoms with Gasteiger partial charge in [-0.2, -0.15) is 5.10 Å². The molecule has 1 unspecified atom stereocenters. The second kappa shape index (κ2) is 5.63. The Balaban J connectivity index is 2.20. The largest absolute Gasteiger partial charge is 0.309 e. The third-order valence-electron chi connectivity index (χ3n) is 2.93. The molecule has 98 valence electrons. The summed E-state index contributed by atoms with van der Waals surface area (Å²) in [5.41, 5.74) is 3.44. The number of thiazole rings is 1. The zero-order valence-electron chi connectivity index (χ0n) is 11.4. The van der Waals surface area contributed by atoms with E-state index in [4.69, 9.17) is 0 Å². The Kier molecular flexibility index (Phi) is 4.14. The SMILES string of the molecule is CCNC(Cc1csc(C)n1)c1cc(C)nn1C. The van der Waals surface area contributed by atoms with Crippen molar-refractivity contribution in [2.75, 3.05) is 6.54 Å². The molecular weight excluding hydrogens is 244 g/mol. The van der Waals surface area contributed by atoms with Gasteiger partial charge >= 0.3 is 0 Å². The van der Waals surface area contributed by atoms with Crippen LogP contribution in [0.3, 0.4) is 0 Å². The zero-order valence-corrected chi connectivity index (χ0v) is 12.2. The van der Waals surface area contributed by atoms with Gasteiger partial charge in [-0.1, -0.05) is 6.92 Å². The van der Waals surface area contributed by atoms with E-state index in [0.717, 1.165) is 29.4 Å². The van der Waals surface area contributed by atoms with Crippen LogP contribution in [0.15, 0.2) is 11.4 Å². The molecule has 0 radical (unpaired) electrons. The number of nitrogens with one attached hydrogen (secondary N) is 1. The molecule has 0 aromatic carbocycles. The molecule has 1 atom stereocenters. The van der Waals surface area contributed by atoms with E-state index in [1.165, 1.54) is 5.69 Å². The lowest BCUT2D eigenvalue weighted by molar-refractivity contribution is 0.504. The number of aromatic nitrogens is 3. The van der Waals surface area contributed by atoms with Crippen LogP contribution in [0.2, 0.25) is 0 Å². The highest BCUT2D eigenvalue weighted by molar-refractivity contribution is 7.09. The van der Waals surface area contributed by atoms with E-state index in [0.29, 0.717) is 0 Å². The zero-order chi connectivity index (χ0) is 13.1. The number of likely N-dealkylation sites (N-methyl/N-ethyl adjacent to an activating group) is 1. The number of hydrogen-bond acceptors (Lipinski definition) is 4. The quantitative estimate of drug-likeness (QED) is 0.901. The Hall–Kier alpha value is -1.20. The van der Waals surface area contributed by atoms with Crippen LogP contribution in [0.5, 0.6) is 0 Å². The minimum Gasteiger partial charge on any atom is -0.309 e. The number of rotatable bonds is 5. The van der Waals surface area contributed by atoms with Crippen molar-refractivity contribution < 1.29 is 0 Å². The molecule has 2 aromatic heterocycles. The van der Waals surface area contributed by atoms with Gasteiger partial charge in [0.1, 0.15) is 0 Å². The first kappa shape index (κ1) is 13.2. The van der Waals surface area contributed by atoms with Gasteiger partial charge in [0.05, 0.1) is 28.1 Å². The van der Waals surface area contributed by atoms with Crippen LogP contribution in [0.1, 0.15) is 35.1 Å². The summed E-state index contributed by atoms with van der Waals surface area (Å²) in [5.74, 6) is 0. The maximum Gasteiger partial charge on any atom is 0.0897 e. The van der Waals surface area contributed by atoms with Gasteiger partial charge in [-0.05, 0) is 26.5 Å². The molecule has 0 saturated heterocycles.